The van der Waals surface area contributed by atoms with Crippen LogP contribution in [0.15, 0.2) is 18.7 Å². The third-order valence-electron chi connectivity index (χ3n) is 3.20. The van der Waals surface area contributed by atoms with E-state index in [2.05, 4.69) is 30.4 Å². The first kappa shape index (κ1) is 12.6. The van der Waals surface area contributed by atoms with Gasteiger partial charge in [0.25, 0.3) is 0 Å². The molecule has 0 radical (unpaired) electrons. The predicted octanol–water partition coefficient (Wildman–Crippen LogP) is 1.30. The Bertz CT molecular complexity index is 699. The van der Waals surface area contributed by atoms with Crippen LogP contribution in [0.3, 0.4) is 0 Å². The van der Waals surface area contributed by atoms with E-state index in [-0.39, 0.29) is 0 Å². The zero-order chi connectivity index (χ0) is 13.9. The highest BCUT2D eigenvalue weighted by molar-refractivity contribution is 5.86. The number of hydrogen-bond acceptors (Lipinski definition) is 5. The van der Waals surface area contributed by atoms with Crippen LogP contribution in [0.1, 0.15) is 18.4 Å². The summed E-state index contributed by atoms with van der Waals surface area (Å²) >= 11 is 0. The molecule has 0 bridgehead atoms. The van der Waals surface area contributed by atoms with Crippen LogP contribution in [0.25, 0.3) is 11.0 Å². The summed E-state index contributed by atoms with van der Waals surface area (Å²) < 4.78 is 1.77. The van der Waals surface area contributed by atoms with Crippen molar-refractivity contribution >= 4 is 16.9 Å². The van der Waals surface area contributed by atoms with Gasteiger partial charge in [0.1, 0.15) is 11.6 Å². The van der Waals surface area contributed by atoms with Crippen LogP contribution in [0, 0.1) is 0 Å². The van der Waals surface area contributed by atoms with Gasteiger partial charge in [-0.05, 0) is 0 Å². The van der Waals surface area contributed by atoms with Gasteiger partial charge in [0.05, 0.1) is 17.9 Å². The lowest BCUT2D eigenvalue weighted by Crippen LogP contribution is -2.09. The lowest BCUT2D eigenvalue weighted by atomic mass is 10.3. The van der Waals surface area contributed by atoms with Crippen molar-refractivity contribution in [3.8, 4) is 0 Å². The summed E-state index contributed by atoms with van der Waals surface area (Å²) in [5, 5.41) is 8.56. The molecule has 0 saturated heterocycles. The van der Waals surface area contributed by atoms with Gasteiger partial charge in [-0.3, -0.25) is 4.68 Å². The van der Waals surface area contributed by atoms with Gasteiger partial charge in [0.15, 0.2) is 5.65 Å². The Morgan fingerprint density at radius 2 is 2.20 bits per heavy atom. The van der Waals surface area contributed by atoms with Gasteiger partial charge >= 0.3 is 0 Å². The molecule has 20 heavy (non-hydrogen) atoms. The SMILES string of the molecule is CCc1nc(NCCc2cnc[nH]2)c2cnn(C)c2n1. The highest BCUT2D eigenvalue weighted by Gasteiger charge is 2.10. The smallest absolute Gasteiger partial charge is 0.163 e. The summed E-state index contributed by atoms with van der Waals surface area (Å²) in [5.74, 6) is 1.67. The number of nitrogens with zero attached hydrogens (tertiary/aromatic N) is 5. The molecule has 2 N–H and O–H groups in total. The van der Waals surface area contributed by atoms with E-state index in [4.69, 9.17) is 0 Å². The third kappa shape index (κ3) is 2.34. The molecule has 7 nitrogen and oxygen atoms in total. The van der Waals surface area contributed by atoms with Crippen molar-refractivity contribution in [2.45, 2.75) is 19.8 Å². The largest absolute Gasteiger partial charge is 0.369 e. The standard InChI is InChI=1S/C13H17N7/c1-3-11-18-12(10-7-17-20(2)13(10)19-11)15-5-4-9-6-14-8-16-9/h6-8H,3-5H2,1-2H3,(H,14,16)(H,15,18,19). The predicted molar refractivity (Wildman–Crippen MR) is 76.5 cm³/mol. The number of H-pyrrole nitrogens is 1. The molecule has 3 aromatic heterocycles. The Morgan fingerprint density at radius 3 is 2.95 bits per heavy atom. The first-order chi connectivity index (χ1) is 9.78. The lowest BCUT2D eigenvalue weighted by Gasteiger charge is -2.07. The highest BCUT2D eigenvalue weighted by Crippen LogP contribution is 2.19. The summed E-state index contributed by atoms with van der Waals surface area (Å²) in [4.78, 5) is 16.1. The Balaban J connectivity index is 1.82. The molecule has 0 aliphatic heterocycles. The van der Waals surface area contributed by atoms with E-state index < -0.39 is 0 Å². The van der Waals surface area contributed by atoms with Crippen molar-refractivity contribution < 1.29 is 0 Å². The molecule has 7 heteroatoms. The summed E-state index contributed by atoms with van der Waals surface area (Å²) in [6.45, 7) is 2.83. The van der Waals surface area contributed by atoms with Crippen molar-refractivity contribution in [1.82, 2.24) is 29.7 Å². The summed E-state index contributed by atoms with van der Waals surface area (Å²) in [7, 11) is 1.89. The van der Waals surface area contributed by atoms with Gasteiger partial charge in [-0.15, -0.1) is 0 Å². The number of aromatic amines is 1. The first-order valence-corrected chi connectivity index (χ1v) is 6.67. The van der Waals surface area contributed by atoms with E-state index >= 15 is 0 Å². The fourth-order valence-corrected chi connectivity index (χ4v) is 2.10. The van der Waals surface area contributed by atoms with Crippen molar-refractivity contribution in [2.24, 2.45) is 7.05 Å². The van der Waals surface area contributed by atoms with Crippen LogP contribution in [0.5, 0.6) is 0 Å². The normalized spacial score (nSPS) is 11.1. The van der Waals surface area contributed by atoms with Crippen molar-refractivity contribution in [3.63, 3.8) is 0 Å². The Hall–Kier alpha value is -2.44. The minimum Gasteiger partial charge on any atom is -0.369 e. The zero-order valence-corrected chi connectivity index (χ0v) is 11.6. The molecule has 0 fully saturated rings. The first-order valence-electron chi connectivity index (χ1n) is 6.67. The second-order valence-corrected chi connectivity index (χ2v) is 4.60. The van der Waals surface area contributed by atoms with Gasteiger partial charge in [-0.25, -0.2) is 15.0 Å². The van der Waals surface area contributed by atoms with E-state index in [1.807, 2.05) is 20.2 Å². The average molecular weight is 271 g/mol. The fourth-order valence-electron chi connectivity index (χ4n) is 2.10. The molecule has 0 aliphatic carbocycles. The summed E-state index contributed by atoms with van der Waals surface area (Å²) in [6.07, 6.45) is 6.99. The summed E-state index contributed by atoms with van der Waals surface area (Å²) in [5.41, 5.74) is 1.96. The number of nitrogens with one attached hydrogen (secondary N) is 2. The number of aryl methyl sites for hydroxylation is 2. The molecule has 0 aromatic carbocycles. The molecular formula is C13H17N7. The number of hydrogen-bond donors (Lipinski definition) is 2. The lowest BCUT2D eigenvalue weighted by molar-refractivity contribution is 0.779. The third-order valence-corrected chi connectivity index (χ3v) is 3.20. The van der Waals surface area contributed by atoms with Crippen molar-refractivity contribution in [1.29, 1.82) is 0 Å². The molecule has 3 rings (SSSR count). The number of imidazole rings is 1. The number of aromatic nitrogens is 6. The second kappa shape index (κ2) is 5.28. The number of rotatable bonds is 5. The molecule has 0 atom stereocenters. The topological polar surface area (TPSA) is 84.3 Å². The van der Waals surface area contributed by atoms with Crippen LogP contribution >= 0.6 is 0 Å². The van der Waals surface area contributed by atoms with Gasteiger partial charge in [-0.2, -0.15) is 5.10 Å². The average Bonchev–Trinajstić information content (AvgIpc) is 3.09. The minimum atomic E-state index is 0.784. The van der Waals surface area contributed by atoms with E-state index in [1.54, 1.807) is 17.2 Å². The van der Waals surface area contributed by atoms with E-state index in [0.717, 1.165) is 47.8 Å². The zero-order valence-electron chi connectivity index (χ0n) is 11.6. The number of fused-ring (bicyclic) bond motifs is 1. The van der Waals surface area contributed by atoms with E-state index in [0.29, 0.717) is 0 Å². The molecule has 0 amide bonds. The molecule has 3 heterocycles. The Labute approximate surface area is 116 Å². The molecule has 0 saturated carbocycles. The highest BCUT2D eigenvalue weighted by atomic mass is 15.3. The Kier molecular flexibility index (Phi) is 3.32. The van der Waals surface area contributed by atoms with Crippen LogP contribution in [-0.4, -0.2) is 36.3 Å². The molecular weight excluding hydrogens is 254 g/mol. The van der Waals surface area contributed by atoms with E-state index in [9.17, 15) is 0 Å². The fraction of sp³-hybridized carbons (Fsp3) is 0.385. The molecule has 0 unspecified atom stereocenters. The van der Waals surface area contributed by atoms with Crippen molar-refractivity contribution in [2.75, 3.05) is 11.9 Å². The molecule has 0 aliphatic rings. The molecule has 0 spiro atoms. The van der Waals surface area contributed by atoms with E-state index in [1.165, 1.54) is 0 Å². The van der Waals surface area contributed by atoms with Crippen LogP contribution in [0.2, 0.25) is 0 Å². The second-order valence-electron chi connectivity index (χ2n) is 4.60. The van der Waals surface area contributed by atoms with Gasteiger partial charge in [0, 0.05) is 38.3 Å². The maximum atomic E-state index is 4.55. The van der Waals surface area contributed by atoms with Gasteiger partial charge in [0.2, 0.25) is 0 Å². The maximum Gasteiger partial charge on any atom is 0.163 e. The quantitative estimate of drug-likeness (QED) is 0.730. The monoisotopic (exact) mass is 271 g/mol. The molecule has 3 aromatic rings. The van der Waals surface area contributed by atoms with Crippen LogP contribution < -0.4 is 5.32 Å². The van der Waals surface area contributed by atoms with Gasteiger partial charge in [-0.1, -0.05) is 6.92 Å². The van der Waals surface area contributed by atoms with Crippen LogP contribution in [0.4, 0.5) is 5.82 Å². The Morgan fingerprint density at radius 1 is 1.30 bits per heavy atom. The van der Waals surface area contributed by atoms with Crippen molar-refractivity contribution in [3.05, 3.63) is 30.2 Å². The summed E-state index contributed by atoms with van der Waals surface area (Å²) in [6, 6.07) is 0. The minimum absolute atomic E-state index is 0.784. The number of anilines is 1. The van der Waals surface area contributed by atoms with Gasteiger partial charge < -0.3 is 10.3 Å². The molecule has 104 valence electrons. The van der Waals surface area contributed by atoms with Crippen LogP contribution in [-0.2, 0) is 19.9 Å². The maximum absolute atomic E-state index is 4.55.